The summed E-state index contributed by atoms with van der Waals surface area (Å²) in [4.78, 5) is 12.5. The number of carbonyl (C=O) groups excluding carboxylic acids is 1. The zero-order valence-corrected chi connectivity index (χ0v) is 16.4. The van der Waals surface area contributed by atoms with Gasteiger partial charge in [-0.25, -0.2) is 4.79 Å². The molecule has 0 saturated carbocycles. The summed E-state index contributed by atoms with van der Waals surface area (Å²) in [7, 11) is 0. The molecule has 2 N–H and O–H groups in total. The summed E-state index contributed by atoms with van der Waals surface area (Å²) in [6.45, 7) is 5.83. The number of phenolic OH excluding ortho intramolecular Hbond substituents is 1. The molecule has 1 aliphatic heterocycles. The summed E-state index contributed by atoms with van der Waals surface area (Å²) in [5, 5.41) is 13.4. The number of benzene rings is 1. The molecule has 0 atom stereocenters. The van der Waals surface area contributed by atoms with Crippen molar-refractivity contribution >= 4 is 51.2 Å². The van der Waals surface area contributed by atoms with Gasteiger partial charge in [0.1, 0.15) is 16.9 Å². The molecule has 0 amide bonds. The summed E-state index contributed by atoms with van der Waals surface area (Å²) >= 11 is 4.06. The van der Waals surface area contributed by atoms with Gasteiger partial charge in [-0.05, 0) is 97.1 Å². The van der Waals surface area contributed by atoms with Gasteiger partial charge in [-0.1, -0.05) is 0 Å². The van der Waals surface area contributed by atoms with E-state index in [0.29, 0.717) is 13.1 Å². The number of hydrogen-bond acceptors (Lipinski definition) is 4. The van der Waals surface area contributed by atoms with E-state index in [-0.39, 0.29) is 11.3 Å². The number of hydrogen-bond donors (Lipinski definition) is 2. The number of rotatable bonds is 3. The summed E-state index contributed by atoms with van der Waals surface area (Å²) in [6, 6.07) is 3.60. The molecule has 1 aromatic rings. The molecule has 0 aromatic heterocycles. The van der Waals surface area contributed by atoms with Crippen molar-refractivity contribution in [3.05, 3.63) is 24.8 Å². The lowest BCUT2D eigenvalue weighted by Crippen LogP contribution is -2.42. The van der Waals surface area contributed by atoms with Crippen molar-refractivity contribution in [2.45, 2.75) is 32.3 Å². The first-order valence-electron chi connectivity index (χ1n) is 6.94. The summed E-state index contributed by atoms with van der Waals surface area (Å²) < 4.78 is 7.10. The molecule has 1 saturated heterocycles. The van der Waals surface area contributed by atoms with Crippen LogP contribution in [0.2, 0.25) is 0 Å². The minimum atomic E-state index is -0.532. The van der Waals surface area contributed by atoms with Gasteiger partial charge in [0, 0.05) is 9.49 Å². The topological polar surface area (TPSA) is 58.6 Å². The monoisotopic (exact) mass is 515 g/mol. The highest BCUT2D eigenvalue weighted by Gasteiger charge is 2.35. The third-order valence-electron chi connectivity index (χ3n) is 3.96. The molecule has 1 fully saturated rings. The van der Waals surface area contributed by atoms with Crippen LogP contribution in [0.3, 0.4) is 0 Å². The van der Waals surface area contributed by atoms with E-state index in [1.165, 1.54) is 0 Å². The lowest BCUT2D eigenvalue weighted by molar-refractivity contribution is -0.0371. The minimum absolute atomic E-state index is 0.00797. The quantitative estimate of drug-likeness (QED) is 0.478. The van der Waals surface area contributed by atoms with Crippen molar-refractivity contribution in [2.24, 2.45) is 5.92 Å². The van der Waals surface area contributed by atoms with Gasteiger partial charge in [-0.2, -0.15) is 0 Å². The Labute approximate surface area is 152 Å². The van der Waals surface area contributed by atoms with Gasteiger partial charge in [0.25, 0.3) is 0 Å². The van der Waals surface area contributed by atoms with Crippen LogP contribution in [0.4, 0.5) is 0 Å². The Morgan fingerprint density at radius 2 is 1.86 bits per heavy atom. The number of ether oxygens (including phenoxy) is 1. The van der Waals surface area contributed by atoms with Crippen molar-refractivity contribution in [1.82, 2.24) is 5.32 Å². The fraction of sp³-hybridized carbons (Fsp3) is 0.533. The van der Waals surface area contributed by atoms with E-state index in [0.717, 1.165) is 25.9 Å². The van der Waals surface area contributed by atoms with Crippen LogP contribution in [0.25, 0.3) is 0 Å². The van der Waals surface area contributed by atoms with Crippen LogP contribution in [0.15, 0.2) is 12.1 Å². The molecule has 0 radical (unpaired) electrons. The maximum Gasteiger partial charge on any atom is 0.343 e. The van der Waals surface area contributed by atoms with Gasteiger partial charge in [0.2, 0.25) is 0 Å². The number of esters is 1. The molecule has 2 rings (SSSR count). The smallest absolute Gasteiger partial charge is 0.343 e. The van der Waals surface area contributed by atoms with E-state index < -0.39 is 11.6 Å². The van der Waals surface area contributed by atoms with Crippen LogP contribution in [-0.4, -0.2) is 29.8 Å². The first-order chi connectivity index (χ1) is 9.83. The predicted octanol–water partition coefficient (Wildman–Crippen LogP) is 3.54. The summed E-state index contributed by atoms with van der Waals surface area (Å²) in [6.07, 6.45) is 1.99. The average molecular weight is 515 g/mol. The van der Waals surface area contributed by atoms with Gasteiger partial charge in [0.05, 0.1) is 3.57 Å². The number of halogens is 2. The second-order valence-corrected chi connectivity index (χ2v) is 8.09. The molecule has 0 bridgehead atoms. The fourth-order valence-electron chi connectivity index (χ4n) is 2.63. The van der Waals surface area contributed by atoms with Crippen LogP contribution in [0, 0.1) is 13.1 Å². The standard InChI is InChI=1S/C15H19I2NO3/c1-15(2,9-5-7-18-8-6-9)21-14(20)12-10(16)3-4-11(17)13(12)19/h3-4,9,18-19H,5-8H2,1-2H3. The minimum Gasteiger partial charge on any atom is -0.506 e. The number of piperidine rings is 1. The molecule has 0 spiro atoms. The molecule has 116 valence electrons. The van der Waals surface area contributed by atoms with E-state index in [1.54, 1.807) is 6.07 Å². The van der Waals surface area contributed by atoms with Crippen LogP contribution >= 0.6 is 45.2 Å². The molecular formula is C15H19I2NO3. The normalized spacial score (nSPS) is 16.8. The Kier molecular flexibility index (Phi) is 5.75. The lowest BCUT2D eigenvalue weighted by atomic mass is 9.83. The van der Waals surface area contributed by atoms with E-state index in [9.17, 15) is 9.90 Å². The van der Waals surface area contributed by atoms with Crippen molar-refractivity contribution < 1.29 is 14.6 Å². The van der Waals surface area contributed by atoms with E-state index in [2.05, 4.69) is 5.32 Å². The van der Waals surface area contributed by atoms with E-state index in [1.807, 2.05) is 65.1 Å². The van der Waals surface area contributed by atoms with Crippen LogP contribution < -0.4 is 5.32 Å². The third kappa shape index (κ3) is 4.01. The highest BCUT2D eigenvalue weighted by Crippen LogP contribution is 2.33. The molecule has 21 heavy (non-hydrogen) atoms. The second-order valence-electron chi connectivity index (χ2n) is 5.77. The molecule has 1 aromatic carbocycles. The third-order valence-corrected chi connectivity index (χ3v) is 5.73. The summed E-state index contributed by atoms with van der Waals surface area (Å²) in [5.41, 5.74) is -0.264. The lowest BCUT2D eigenvalue weighted by Gasteiger charge is -2.36. The van der Waals surface area contributed by atoms with Crippen LogP contribution in [0.5, 0.6) is 5.75 Å². The molecule has 4 nitrogen and oxygen atoms in total. The van der Waals surface area contributed by atoms with Crippen LogP contribution in [-0.2, 0) is 4.74 Å². The molecule has 1 aliphatic rings. The molecule has 1 heterocycles. The van der Waals surface area contributed by atoms with Gasteiger partial charge in [-0.15, -0.1) is 0 Å². The van der Waals surface area contributed by atoms with Crippen LogP contribution in [0.1, 0.15) is 37.0 Å². The average Bonchev–Trinajstić information content (AvgIpc) is 2.44. The zero-order chi connectivity index (χ0) is 15.6. The number of aromatic hydroxyl groups is 1. The largest absolute Gasteiger partial charge is 0.506 e. The Bertz CT molecular complexity index is 540. The van der Waals surface area contributed by atoms with Gasteiger partial charge in [0.15, 0.2) is 0 Å². The second kappa shape index (κ2) is 6.99. The number of phenols is 1. The van der Waals surface area contributed by atoms with Crippen molar-refractivity contribution in [3.63, 3.8) is 0 Å². The predicted molar refractivity (Wildman–Crippen MR) is 98.6 cm³/mol. The highest BCUT2D eigenvalue weighted by atomic mass is 127. The summed E-state index contributed by atoms with van der Waals surface area (Å²) in [5.74, 6) is -0.0992. The molecule has 0 unspecified atom stereocenters. The molecule has 6 heteroatoms. The number of nitrogens with one attached hydrogen (secondary N) is 1. The Morgan fingerprint density at radius 3 is 2.48 bits per heavy atom. The number of carbonyl (C=O) groups is 1. The van der Waals surface area contributed by atoms with Gasteiger partial charge >= 0.3 is 5.97 Å². The Balaban J connectivity index is 2.19. The van der Waals surface area contributed by atoms with Gasteiger partial charge < -0.3 is 15.2 Å². The SMILES string of the molecule is CC(C)(OC(=O)c1c(I)ccc(I)c1O)C1CCNCC1. The highest BCUT2D eigenvalue weighted by molar-refractivity contribution is 14.1. The molecule has 0 aliphatic carbocycles. The Morgan fingerprint density at radius 1 is 1.29 bits per heavy atom. The Hall–Kier alpha value is -0.0900. The maximum atomic E-state index is 12.5. The first-order valence-corrected chi connectivity index (χ1v) is 9.09. The first kappa shape index (κ1) is 17.3. The van der Waals surface area contributed by atoms with E-state index >= 15 is 0 Å². The fourth-order valence-corrected chi connectivity index (χ4v) is 3.73. The van der Waals surface area contributed by atoms with E-state index in [4.69, 9.17) is 4.74 Å². The zero-order valence-electron chi connectivity index (χ0n) is 12.1. The van der Waals surface area contributed by atoms with Crippen molar-refractivity contribution in [3.8, 4) is 5.75 Å². The molecular weight excluding hydrogens is 496 g/mol. The van der Waals surface area contributed by atoms with Gasteiger partial charge in [-0.3, -0.25) is 0 Å². The van der Waals surface area contributed by atoms with Crippen molar-refractivity contribution in [2.75, 3.05) is 13.1 Å². The maximum absolute atomic E-state index is 12.5. The van der Waals surface area contributed by atoms with Crippen molar-refractivity contribution in [1.29, 1.82) is 0 Å².